The first-order valence-electron chi connectivity index (χ1n) is 8.50. The Bertz CT molecular complexity index is 899. The van der Waals surface area contributed by atoms with Crippen molar-refractivity contribution in [2.75, 3.05) is 31.9 Å². The van der Waals surface area contributed by atoms with Crippen molar-refractivity contribution in [3.8, 4) is 0 Å². The van der Waals surface area contributed by atoms with Gasteiger partial charge in [-0.15, -0.1) is 11.8 Å². The maximum absolute atomic E-state index is 12.9. The number of carbonyl (C=O) groups excluding carboxylic acids is 1. The van der Waals surface area contributed by atoms with Gasteiger partial charge in [0.2, 0.25) is 5.91 Å². The lowest BCUT2D eigenvalue weighted by Gasteiger charge is -2.21. The van der Waals surface area contributed by atoms with Crippen molar-refractivity contribution in [3.63, 3.8) is 0 Å². The molecule has 27 heavy (non-hydrogen) atoms. The van der Waals surface area contributed by atoms with Gasteiger partial charge in [-0.3, -0.25) is 4.79 Å². The standard InChI is InChI=1S/C17H21FN4O3S2/c1-20-11-16(19-13-20)27(24,25)22-8-2-7-21(9-10-22)17(23)12-26-15-5-3-14(18)4-6-15/h3-6,11,13H,2,7-10,12H2,1H3. The molecule has 0 N–H and O–H groups in total. The normalized spacial score (nSPS) is 16.3. The molecule has 0 unspecified atom stereocenters. The highest BCUT2D eigenvalue weighted by atomic mass is 32.2. The molecular formula is C17H21FN4O3S2. The molecule has 3 rings (SSSR count). The summed E-state index contributed by atoms with van der Waals surface area (Å²) in [6.45, 7) is 1.45. The van der Waals surface area contributed by atoms with Gasteiger partial charge in [-0.1, -0.05) is 0 Å². The molecule has 0 spiro atoms. The Morgan fingerprint density at radius 2 is 1.93 bits per heavy atom. The van der Waals surface area contributed by atoms with Crippen LogP contribution in [0.4, 0.5) is 4.39 Å². The molecule has 1 aromatic heterocycles. The third-order valence-corrected chi connectivity index (χ3v) is 7.05. The molecule has 2 heterocycles. The van der Waals surface area contributed by atoms with Gasteiger partial charge in [-0.25, -0.2) is 17.8 Å². The van der Waals surface area contributed by atoms with Crippen LogP contribution >= 0.6 is 11.8 Å². The number of aryl methyl sites for hydroxylation is 1. The average Bonchev–Trinajstić information content (AvgIpc) is 2.93. The highest BCUT2D eigenvalue weighted by molar-refractivity contribution is 8.00. The number of halogens is 1. The molecule has 146 valence electrons. The number of amides is 1. The summed E-state index contributed by atoms with van der Waals surface area (Å²) in [4.78, 5) is 18.9. The zero-order chi connectivity index (χ0) is 19.4. The van der Waals surface area contributed by atoms with Crippen molar-refractivity contribution < 1.29 is 17.6 Å². The molecule has 0 atom stereocenters. The largest absolute Gasteiger partial charge is 0.341 e. The van der Waals surface area contributed by atoms with Gasteiger partial charge < -0.3 is 9.47 Å². The molecule has 0 saturated carbocycles. The van der Waals surface area contributed by atoms with E-state index in [1.165, 1.54) is 40.7 Å². The minimum absolute atomic E-state index is 0.0247. The number of imidazole rings is 1. The summed E-state index contributed by atoms with van der Waals surface area (Å²) in [7, 11) is -1.93. The molecule has 1 amide bonds. The Hall–Kier alpha value is -1.91. The number of hydrogen-bond acceptors (Lipinski definition) is 5. The highest BCUT2D eigenvalue weighted by Crippen LogP contribution is 2.20. The molecule has 2 aromatic rings. The first kappa shape index (κ1) is 19.8. The fraction of sp³-hybridized carbons (Fsp3) is 0.412. The van der Waals surface area contributed by atoms with Crippen LogP contribution in [0.3, 0.4) is 0 Å². The van der Waals surface area contributed by atoms with E-state index in [2.05, 4.69) is 4.98 Å². The van der Waals surface area contributed by atoms with Crippen LogP contribution in [0.5, 0.6) is 0 Å². The molecule has 1 aliphatic heterocycles. The first-order valence-corrected chi connectivity index (χ1v) is 10.9. The van der Waals surface area contributed by atoms with E-state index in [9.17, 15) is 17.6 Å². The van der Waals surface area contributed by atoms with E-state index in [0.29, 0.717) is 26.1 Å². The van der Waals surface area contributed by atoms with Crippen LogP contribution < -0.4 is 0 Å². The lowest BCUT2D eigenvalue weighted by Crippen LogP contribution is -2.38. The fourth-order valence-corrected chi connectivity index (χ4v) is 5.04. The minimum atomic E-state index is -3.65. The van der Waals surface area contributed by atoms with Gasteiger partial charge in [0, 0.05) is 44.3 Å². The monoisotopic (exact) mass is 412 g/mol. The summed E-state index contributed by atoms with van der Waals surface area (Å²) < 4.78 is 41.3. The smallest absolute Gasteiger partial charge is 0.262 e. The van der Waals surface area contributed by atoms with Crippen molar-refractivity contribution >= 4 is 27.7 Å². The van der Waals surface area contributed by atoms with E-state index in [1.54, 1.807) is 28.6 Å². The summed E-state index contributed by atoms with van der Waals surface area (Å²) in [5.41, 5.74) is 0. The van der Waals surface area contributed by atoms with Gasteiger partial charge in [0.1, 0.15) is 5.82 Å². The summed E-state index contributed by atoms with van der Waals surface area (Å²) in [5.74, 6) is -0.132. The van der Waals surface area contributed by atoms with Crippen molar-refractivity contribution in [2.24, 2.45) is 7.05 Å². The first-order chi connectivity index (χ1) is 12.9. The number of carbonyl (C=O) groups is 1. The SMILES string of the molecule is Cn1cnc(S(=O)(=O)N2CCCN(C(=O)CSc3ccc(F)cc3)CC2)c1. The van der Waals surface area contributed by atoms with Crippen LogP contribution in [0.25, 0.3) is 0 Å². The van der Waals surface area contributed by atoms with Crippen molar-refractivity contribution in [1.82, 2.24) is 18.8 Å². The Balaban J connectivity index is 1.57. The Labute approximate surface area is 162 Å². The van der Waals surface area contributed by atoms with E-state index >= 15 is 0 Å². The predicted octanol–water partition coefficient (Wildman–Crippen LogP) is 1.57. The second-order valence-corrected chi connectivity index (χ2v) is 9.19. The maximum Gasteiger partial charge on any atom is 0.262 e. The van der Waals surface area contributed by atoms with Gasteiger partial charge in [0.05, 0.1) is 12.1 Å². The van der Waals surface area contributed by atoms with Gasteiger partial charge in [0.25, 0.3) is 10.0 Å². The van der Waals surface area contributed by atoms with Crippen LogP contribution in [0.1, 0.15) is 6.42 Å². The van der Waals surface area contributed by atoms with Crippen molar-refractivity contribution in [2.45, 2.75) is 16.3 Å². The zero-order valence-corrected chi connectivity index (χ0v) is 16.5. The van der Waals surface area contributed by atoms with Crippen LogP contribution in [-0.4, -0.2) is 65.0 Å². The van der Waals surface area contributed by atoms with Crippen LogP contribution in [-0.2, 0) is 21.9 Å². The number of thioether (sulfide) groups is 1. The molecule has 1 aliphatic rings. The molecule has 1 aromatic carbocycles. The number of rotatable bonds is 5. The molecule has 0 aliphatic carbocycles. The van der Waals surface area contributed by atoms with E-state index in [-0.39, 0.29) is 29.0 Å². The van der Waals surface area contributed by atoms with Crippen LogP contribution in [0.15, 0.2) is 46.7 Å². The Kier molecular flexibility index (Phi) is 6.18. The molecule has 10 heteroatoms. The number of benzene rings is 1. The number of hydrogen-bond donors (Lipinski definition) is 0. The summed E-state index contributed by atoms with van der Waals surface area (Å²) in [6.07, 6.45) is 3.49. The lowest BCUT2D eigenvalue weighted by molar-refractivity contribution is -0.128. The van der Waals surface area contributed by atoms with Gasteiger partial charge >= 0.3 is 0 Å². The topological polar surface area (TPSA) is 75.5 Å². The van der Waals surface area contributed by atoms with E-state index in [4.69, 9.17) is 0 Å². The second-order valence-electron chi connectivity index (χ2n) is 6.26. The van der Waals surface area contributed by atoms with Gasteiger partial charge in [-0.05, 0) is 30.7 Å². The predicted molar refractivity (Wildman–Crippen MR) is 100 cm³/mol. The summed E-state index contributed by atoms with van der Waals surface area (Å²) in [6, 6.07) is 5.99. The van der Waals surface area contributed by atoms with E-state index in [1.807, 2.05) is 0 Å². The summed E-state index contributed by atoms with van der Waals surface area (Å²) in [5, 5.41) is 0.0247. The lowest BCUT2D eigenvalue weighted by atomic mass is 10.4. The third kappa shape index (κ3) is 4.88. The molecule has 1 fully saturated rings. The quantitative estimate of drug-likeness (QED) is 0.697. The van der Waals surface area contributed by atoms with Crippen molar-refractivity contribution in [1.29, 1.82) is 0 Å². The number of aromatic nitrogens is 2. The van der Waals surface area contributed by atoms with Crippen molar-refractivity contribution in [3.05, 3.63) is 42.6 Å². The zero-order valence-electron chi connectivity index (χ0n) is 14.9. The molecule has 0 bridgehead atoms. The summed E-state index contributed by atoms with van der Waals surface area (Å²) >= 11 is 1.34. The Morgan fingerprint density at radius 3 is 2.59 bits per heavy atom. The molecule has 1 saturated heterocycles. The third-order valence-electron chi connectivity index (χ3n) is 4.27. The molecule has 7 nitrogen and oxygen atoms in total. The van der Waals surface area contributed by atoms with Gasteiger partial charge in [-0.2, -0.15) is 4.31 Å². The van der Waals surface area contributed by atoms with Gasteiger partial charge in [0.15, 0.2) is 5.03 Å². The second kappa shape index (κ2) is 8.41. The molecular weight excluding hydrogens is 391 g/mol. The van der Waals surface area contributed by atoms with E-state index in [0.717, 1.165) is 4.90 Å². The van der Waals surface area contributed by atoms with Crippen LogP contribution in [0.2, 0.25) is 0 Å². The van der Waals surface area contributed by atoms with Crippen LogP contribution in [0, 0.1) is 5.82 Å². The maximum atomic E-state index is 12.9. The Morgan fingerprint density at radius 1 is 1.19 bits per heavy atom. The minimum Gasteiger partial charge on any atom is -0.341 e. The highest BCUT2D eigenvalue weighted by Gasteiger charge is 2.29. The molecule has 0 radical (unpaired) electrons. The number of sulfonamides is 1. The fourth-order valence-electron chi connectivity index (χ4n) is 2.81. The average molecular weight is 413 g/mol. The van der Waals surface area contributed by atoms with E-state index < -0.39 is 10.0 Å². The number of nitrogens with zero attached hydrogens (tertiary/aromatic N) is 4.